The molecule has 2 heteroatoms. The Bertz CT molecular complexity index is 567. The number of anilines is 1. The second-order valence-corrected chi connectivity index (χ2v) is 4.03. The van der Waals surface area contributed by atoms with Crippen molar-refractivity contribution in [1.82, 2.24) is 0 Å². The summed E-state index contributed by atoms with van der Waals surface area (Å²) in [5.74, 6) is 0. The molecule has 0 saturated heterocycles. The first-order valence-electron chi connectivity index (χ1n) is 6.19. The summed E-state index contributed by atoms with van der Waals surface area (Å²) >= 11 is 0. The zero-order valence-electron chi connectivity index (χ0n) is 11.7. The zero-order valence-corrected chi connectivity index (χ0v) is 14.8. The van der Waals surface area contributed by atoms with E-state index in [1.165, 1.54) is 0 Å². The van der Waals surface area contributed by atoms with Gasteiger partial charge in [0.2, 0.25) is 0 Å². The van der Waals surface area contributed by atoms with Gasteiger partial charge < -0.3 is 5.73 Å². The number of hydrogen-bond acceptors (Lipinski definition) is 1. The van der Waals surface area contributed by atoms with Crippen LogP contribution < -0.4 is 57.1 Å². The molecular weight excluding hydrogens is 269 g/mol. The van der Waals surface area contributed by atoms with E-state index in [0.717, 1.165) is 16.8 Å². The van der Waals surface area contributed by atoms with Gasteiger partial charge in [-0.15, -0.1) is 5.56 Å². The van der Waals surface area contributed by atoms with E-state index in [2.05, 4.69) is 6.07 Å². The molecule has 2 N–H and O–H groups in total. The van der Waals surface area contributed by atoms with Crippen LogP contribution in [-0.4, -0.2) is 0 Å². The van der Waals surface area contributed by atoms with Crippen molar-refractivity contribution < 1.29 is 51.4 Å². The van der Waals surface area contributed by atoms with Gasteiger partial charge in [-0.05, 0) is 5.56 Å². The molecule has 0 aliphatic heterocycles. The predicted molar refractivity (Wildman–Crippen MR) is 81.6 cm³/mol. The summed E-state index contributed by atoms with van der Waals surface area (Å²) in [4.78, 5) is 0. The molecule has 0 heterocycles. The van der Waals surface area contributed by atoms with Crippen molar-refractivity contribution in [2.75, 3.05) is 5.73 Å². The summed E-state index contributed by atoms with van der Waals surface area (Å²) in [6, 6.07) is 30.7. The van der Waals surface area contributed by atoms with Crippen LogP contribution in [0, 0.1) is 6.07 Å². The van der Waals surface area contributed by atoms with E-state index in [1.807, 2.05) is 78.9 Å². The van der Waals surface area contributed by atoms with E-state index in [1.54, 1.807) is 6.07 Å². The summed E-state index contributed by atoms with van der Waals surface area (Å²) in [7, 11) is 0. The number of rotatable bonds is 1. The first-order chi connectivity index (χ1) is 9.38. The van der Waals surface area contributed by atoms with Crippen molar-refractivity contribution in [2.24, 2.45) is 0 Å². The molecule has 0 aliphatic carbocycles. The van der Waals surface area contributed by atoms with E-state index < -0.39 is 0 Å². The Morgan fingerprint density at radius 3 is 1.70 bits per heavy atom. The number of benzene rings is 3. The first-order valence-corrected chi connectivity index (χ1v) is 6.19. The van der Waals surface area contributed by atoms with Gasteiger partial charge in [-0.2, -0.15) is 24.3 Å². The van der Waals surface area contributed by atoms with Crippen LogP contribution >= 0.6 is 0 Å². The minimum atomic E-state index is 0. The van der Waals surface area contributed by atoms with Gasteiger partial charge >= 0.3 is 51.4 Å². The number of nitrogen functional groups attached to an aromatic ring is 1. The Hall–Kier alpha value is -0.904. The molecule has 0 aliphatic rings. The molecule has 0 atom stereocenters. The Balaban J connectivity index is 0.000000243. The van der Waals surface area contributed by atoms with Crippen molar-refractivity contribution in [3.05, 3.63) is 91.0 Å². The van der Waals surface area contributed by atoms with Crippen LogP contribution in [0.25, 0.3) is 11.1 Å². The Morgan fingerprint density at radius 1 is 0.700 bits per heavy atom. The number of nitrogens with two attached hydrogens (primary N) is 1. The minimum Gasteiger partial charge on any atom is -0.449 e. The van der Waals surface area contributed by atoms with E-state index in [4.69, 9.17) is 5.73 Å². The van der Waals surface area contributed by atoms with E-state index in [9.17, 15) is 0 Å². The van der Waals surface area contributed by atoms with Crippen LogP contribution in [-0.2, 0) is 0 Å². The third-order valence-electron chi connectivity index (χ3n) is 2.65. The molecule has 0 radical (unpaired) electrons. The second-order valence-electron chi connectivity index (χ2n) is 4.03. The Kier molecular flexibility index (Phi) is 8.50. The molecule has 3 aromatic rings. The molecule has 0 amide bonds. The maximum absolute atomic E-state index is 5.82. The molecule has 20 heavy (non-hydrogen) atoms. The first kappa shape index (κ1) is 17.1. The van der Waals surface area contributed by atoms with Gasteiger partial charge in [0.25, 0.3) is 0 Å². The summed E-state index contributed by atoms with van der Waals surface area (Å²) < 4.78 is 0. The molecule has 0 fully saturated rings. The second kappa shape index (κ2) is 9.92. The summed E-state index contributed by atoms with van der Waals surface area (Å²) in [5, 5.41) is 0. The number of hydrogen-bond donors (Lipinski definition) is 1. The maximum Gasteiger partial charge on any atom is 1.00 e. The monoisotopic (exact) mass is 285 g/mol. The van der Waals surface area contributed by atoms with Crippen LogP contribution in [0.2, 0.25) is 0 Å². The van der Waals surface area contributed by atoms with Crippen LogP contribution in [0.1, 0.15) is 0 Å². The summed E-state index contributed by atoms with van der Waals surface area (Å²) in [5.41, 5.74) is 8.81. The largest absolute Gasteiger partial charge is 1.00 e. The SMILES string of the molecule is Nc1c[c-]ccc1-c1ccccc1.[K+].c1ccccc1. The van der Waals surface area contributed by atoms with Crippen molar-refractivity contribution in [3.8, 4) is 11.1 Å². The standard InChI is InChI=1S/C12H10N.C6H6.K/c13-12-9-5-4-8-11(12)10-6-2-1-3-7-10;1-2-4-6-5-3-1;/h1-4,6-9H,13H2;1-6H;/q-1;;+1. The third-order valence-corrected chi connectivity index (χ3v) is 2.65. The molecule has 1 nitrogen and oxygen atoms in total. The van der Waals surface area contributed by atoms with Crippen LogP contribution in [0.15, 0.2) is 84.9 Å². The third kappa shape index (κ3) is 5.61. The van der Waals surface area contributed by atoms with Crippen LogP contribution in [0.3, 0.4) is 0 Å². The quantitative estimate of drug-likeness (QED) is 0.408. The van der Waals surface area contributed by atoms with E-state index in [-0.39, 0.29) is 51.4 Å². The molecule has 3 rings (SSSR count). The molecular formula is C18H16KN. The van der Waals surface area contributed by atoms with E-state index >= 15 is 0 Å². The molecule has 0 saturated carbocycles. The fourth-order valence-electron chi connectivity index (χ4n) is 1.71. The van der Waals surface area contributed by atoms with Gasteiger partial charge in [0.1, 0.15) is 0 Å². The van der Waals surface area contributed by atoms with Gasteiger partial charge in [0.15, 0.2) is 0 Å². The minimum absolute atomic E-state index is 0. The Labute approximate surface area is 163 Å². The zero-order chi connectivity index (χ0) is 13.3. The van der Waals surface area contributed by atoms with Gasteiger partial charge in [-0.3, -0.25) is 0 Å². The van der Waals surface area contributed by atoms with Gasteiger partial charge in [0, 0.05) is 0 Å². The van der Waals surface area contributed by atoms with Crippen molar-refractivity contribution in [1.29, 1.82) is 0 Å². The van der Waals surface area contributed by atoms with Gasteiger partial charge in [0.05, 0.1) is 0 Å². The molecule has 0 spiro atoms. The van der Waals surface area contributed by atoms with Crippen molar-refractivity contribution in [2.45, 2.75) is 0 Å². The fraction of sp³-hybridized carbons (Fsp3) is 0. The van der Waals surface area contributed by atoms with Crippen molar-refractivity contribution in [3.63, 3.8) is 0 Å². The topological polar surface area (TPSA) is 26.0 Å². The molecule has 94 valence electrons. The van der Waals surface area contributed by atoms with Crippen LogP contribution in [0.5, 0.6) is 0 Å². The van der Waals surface area contributed by atoms with Crippen LogP contribution in [0.4, 0.5) is 5.69 Å². The average molecular weight is 285 g/mol. The molecule has 0 bridgehead atoms. The predicted octanol–water partition coefficient (Wildman–Crippen LogP) is 1.43. The normalized spacial score (nSPS) is 8.80. The maximum atomic E-state index is 5.82. The molecule has 0 aromatic heterocycles. The average Bonchev–Trinajstić information content (AvgIpc) is 2.51. The summed E-state index contributed by atoms with van der Waals surface area (Å²) in [6.45, 7) is 0. The fourth-order valence-corrected chi connectivity index (χ4v) is 1.71. The molecule has 0 unspecified atom stereocenters. The van der Waals surface area contributed by atoms with Gasteiger partial charge in [-0.1, -0.05) is 72.4 Å². The summed E-state index contributed by atoms with van der Waals surface area (Å²) in [6.07, 6.45) is 0. The molecule has 3 aromatic carbocycles. The van der Waals surface area contributed by atoms with E-state index in [0.29, 0.717) is 0 Å². The van der Waals surface area contributed by atoms with Gasteiger partial charge in [-0.25, -0.2) is 0 Å². The van der Waals surface area contributed by atoms with Crippen molar-refractivity contribution >= 4 is 5.69 Å². The Morgan fingerprint density at radius 2 is 1.20 bits per heavy atom. The smallest absolute Gasteiger partial charge is 0.449 e.